The Morgan fingerprint density at radius 3 is 2.20 bits per heavy atom. The van der Waals surface area contributed by atoms with Gasteiger partial charge in [0, 0.05) is 10.0 Å². The summed E-state index contributed by atoms with van der Waals surface area (Å²) in [7, 11) is 0. The summed E-state index contributed by atoms with van der Waals surface area (Å²) >= 11 is 11.6. The number of aromatic carboxylic acids is 1. The molecule has 0 amide bonds. The first kappa shape index (κ1) is 14.4. The van der Waals surface area contributed by atoms with E-state index in [1.807, 2.05) is 0 Å². The Bertz CT molecular complexity index is 662. The highest BCUT2D eigenvalue weighted by Crippen LogP contribution is 2.22. The molecule has 0 aliphatic heterocycles. The van der Waals surface area contributed by atoms with E-state index in [-0.39, 0.29) is 26.9 Å². The van der Waals surface area contributed by atoms with Crippen molar-refractivity contribution < 1.29 is 19.4 Å². The minimum atomic E-state index is -1.18. The molecule has 0 heterocycles. The van der Waals surface area contributed by atoms with E-state index in [1.165, 1.54) is 36.4 Å². The normalized spacial score (nSPS) is 10.1. The first-order valence-corrected chi connectivity index (χ1v) is 6.23. The Labute approximate surface area is 124 Å². The molecule has 20 heavy (non-hydrogen) atoms. The van der Waals surface area contributed by atoms with Gasteiger partial charge >= 0.3 is 11.9 Å². The van der Waals surface area contributed by atoms with Crippen LogP contribution in [0.25, 0.3) is 0 Å². The highest BCUT2D eigenvalue weighted by atomic mass is 35.5. The number of esters is 1. The highest BCUT2D eigenvalue weighted by Gasteiger charge is 2.16. The topological polar surface area (TPSA) is 63.6 Å². The van der Waals surface area contributed by atoms with Crippen LogP contribution < -0.4 is 4.74 Å². The van der Waals surface area contributed by atoms with Gasteiger partial charge < -0.3 is 9.84 Å². The maximum Gasteiger partial charge on any atom is 0.343 e. The second kappa shape index (κ2) is 5.94. The van der Waals surface area contributed by atoms with Crippen LogP contribution in [0.1, 0.15) is 20.7 Å². The highest BCUT2D eigenvalue weighted by molar-refractivity contribution is 6.35. The van der Waals surface area contributed by atoms with E-state index in [4.69, 9.17) is 33.0 Å². The predicted molar refractivity (Wildman–Crippen MR) is 74.8 cm³/mol. The van der Waals surface area contributed by atoms with Gasteiger partial charge in [-0.1, -0.05) is 35.3 Å². The lowest BCUT2D eigenvalue weighted by Crippen LogP contribution is -2.11. The minimum Gasteiger partial charge on any atom is -0.478 e. The third kappa shape index (κ3) is 3.29. The van der Waals surface area contributed by atoms with Crippen molar-refractivity contribution in [3.8, 4) is 5.75 Å². The molecule has 0 saturated heterocycles. The maximum atomic E-state index is 12.0. The van der Waals surface area contributed by atoms with Crippen LogP contribution >= 0.6 is 23.2 Å². The van der Waals surface area contributed by atoms with E-state index in [2.05, 4.69) is 0 Å². The van der Waals surface area contributed by atoms with E-state index in [1.54, 1.807) is 6.07 Å². The van der Waals surface area contributed by atoms with Crippen molar-refractivity contribution in [2.45, 2.75) is 0 Å². The number of hydrogen-bond acceptors (Lipinski definition) is 3. The number of para-hydroxylation sites is 1. The fourth-order valence-corrected chi connectivity index (χ4v) is 2.09. The summed E-state index contributed by atoms with van der Waals surface area (Å²) in [5.41, 5.74) is 0.0386. The first-order chi connectivity index (χ1) is 9.47. The molecule has 0 bridgehead atoms. The molecule has 0 aliphatic carbocycles. The Balaban J connectivity index is 2.30. The van der Waals surface area contributed by atoms with Crippen LogP contribution in [0.15, 0.2) is 42.5 Å². The molecule has 0 spiro atoms. The summed E-state index contributed by atoms with van der Waals surface area (Å²) in [6.07, 6.45) is 0. The van der Waals surface area contributed by atoms with Crippen molar-refractivity contribution >= 4 is 35.1 Å². The lowest BCUT2D eigenvalue weighted by Gasteiger charge is -2.07. The summed E-state index contributed by atoms with van der Waals surface area (Å²) in [6.45, 7) is 0. The minimum absolute atomic E-state index is 0.0407. The van der Waals surface area contributed by atoms with Gasteiger partial charge in [0.25, 0.3) is 0 Å². The van der Waals surface area contributed by atoms with Crippen molar-refractivity contribution in [2.75, 3.05) is 0 Å². The molecule has 2 rings (SSSR count). The largest absolute Gasteiger partial charge is 0.478 e. The van der Waals surface area contributed by atoms with Crippen LogP contribution in [0.5, 0.6) is 5.75 Å². The van der Waals surface area contributed by atoms with Crippen LogP contribution in [0.2, 0.25) is 10.0 Å². The third-order valence-corrected chi connectivity index (χ3v) is 2.85. The second-order valence-electron chi connectivity index (χ2n) is 3.85. The lowest BCUT2D eigenvalue weighted by molar-refractivity contribution is 0.0681. The van der Waals surface area contributed by atoms with E-state index >= 15 is 0 Å². The average Bonchev–Trinajstić information content (AvgIpc) is 2.37. The predicted octanol–water partition coefficient (Wildman–Crippen LogP) is 3.91. The lowest BCUT2D eigenvalue weighted by atomic mass is 10.2. The zero-order chi connectivity index (χ0) is 14.7. The van der Waals surface area contributed by atoms with E-state index in [9.17, 15) is 9.59 Å². The van der Waals surface area contributed by atoms with Crippen LogP contribution in [0.4, 0.5) is 0 Å². The Morgan fingerprint density at radius 2 is 1.60 bits per heavy atom. The Hall–Kier alpha value is -2.04. The van der Waals surface area contributed by atoms with E-state index < -0.39 is 11.9 Å². The summed E-state index contributed by atoms with van der Waals surface area (Å²) in [5, 5.41) is 9.58. The van der Waals surface area contributed by atoms with Gasteiger partial charge in [0.15, 0.2) is 0 Å². The smallest absolute Gasteiger partial charge is 0.343 e. The van der Waals surface area contributed by atoms with Gasteiger partial charge in [0.1, 0.15) is 11.3 Å². The zero-order valence-corrected chi connectivity index (χ0v) is 11.5. The summed E-state index contributed by atoms with van der Waals surface area (Å²) in [5.74, 6) is -1.96. The van der Waals surface area contributed by atoms with Crippen molar-refractivity contribution in [1.82, 2.24) is 0 Å². The number of carboxylic acid groups (broad SMARTS) is 1. The second-order valence-corrected chi connectivity index (χ2v) is 4.72. The van der Waals surface area contributed by atoms with Gasteiger partial charge in [-0.25, -0.2) is 9.59 Å². The fraction of sp³-hybridized carbons (Fsp3) is 0. The molecule has 2 aromatic rings. The molecule has 0 unspecified atom stereocenters. The van der Waals surface area contributed by atoms with Crippen LogP contribution in [-0.2, 0) is 0 Å². The monoisotopic (exact) mass is 310 g/mol. The first-order valence-electron chi connectivity index (χ1n) is 5.48. The maximum absolute atomic E-state index is 12.0. The standard InChI is InChI=1S/C14H8Cl2O4/c15-9-5-8(6-10(16)7-9)14(19)20-12-4-2-1-3-11(12)13(17)18/h1-7H,(H,17,18). The molecular formula is C14H8Cl2O4. The van der Waals surface area contributed by atoms with Gasteiger partial charge in [-0.3, -0.25) is 0 Å². The van der Waals surface area contributed by atoms with Gasteiger partial charge in [-0.2, -0.15) is 0 Å². The van der Waals surface area contributed by atoms with Crippen LogP contribution in [0, 0.1) is 0 Å². The molecule has 2 aromatic carbocycles. The molecule has 4 nitrogen and oxygen atoms in total. The number of hydrogen-bond donors (Lipinski definition) is 1. The molecule has 1 N–H and O–H groups in total. The zero-order valence-electron chi connectivity index (χ0n) is 9.97. The fourth-order valence-electron chi connectivity index (χ4n) is 1.56. The van der Waals surface area contributed by atoms with Crippen LogP contribution in [0.3, 0.4) is 0 Å². The third-order valence-electron chi connectivity index (χ3n) is 2.42. The molecule has 0 aliphatic rings. The van der Waals surface area contributed by atoms with Gasteiger partial charge in [-0.05, 0) is 30.3 Å². The van der Waals surface area contributed by atoms with Crippen molar-refractivity contribution in [3.63, 3.8) is 0 Å². The van der Waals surface area contributed by atoms with E-state index in [0.29, 0.717) is 0 Å². The number of benzene rings is 2. The number of carbonyl (C=O) groups excluding carboxylic acids is 1. The molecule has 0 saturated carbocycles. The van der Waals surface area contributed by atoms with Gasteiger partial charge in [-0.15, -0.1) is 0 Å². The Morgan fingerprint density at radius 1 is 1.00 bits per heavy atom. The molecule has 0 radical (unpaired) electrons. The molecular weight excluding hydrogens is 303 g/mol. The van der Waals surface area contributed by atoms with Crippen molar-refractivity contribution in [1.29, 1.82) is 0 Å². The molecule has 102 valence electrons. The van der Waals surface area contributed by atoms with Crippen LogP contribution in [-0.4, -0.2) is 17.0 Å². The SMILES string of the molecule is O=C(Oc1ccccc1C(=O)O)c1cc(Cl)cc(Cl)c1. The summed E-state index contributed by atoms with van der Waals surface area (Å²) < 4.78 is 5.07. The number of rotatable bonds is 3. The molecule has 0 fully saturated rings. The Kier molecular flexibility index (Phi) is 4.27. The summed E-state index contributed by atoms with van der Waals surface area (Å²) in [6, 6.07) is 10.1. The molecule has 0 aromatic heterocycles. The molecule has 0 atom stereocenters. The van der Waals surface area contributed by atoms with Gasteiger partial charge in [0.05, 0.1) is 5.56 Å². The number of halogens is 2. The van der Waals surface area contributed by atoms with E-state index in [0.717, 1.165) is 0 Å². The number of ether oxygens (including phenoxy) is 1. The van der Waals surface area contributed by atoms with Gasteiger partial charge in [0.2, 0.25) is 0 Å². The average molecular weight is 311 g/mol. The molecule has 6 heteroatoms. The van der Waals surface area contributed by atoms with Crippen molar-refractivity contribution in [3.05, 3.63) is 63.6 Å². The number of carboxylic acids is 1. The number of carbonyl (C=O) groups is 2. The summed E-state index contributed by atoms with van der Waals surface area (Å²) in [4.78, 5) is 23.0. The van der Waals surface area contributed by atoms with Crippen molar-refractivity contribution in [2.24, 2.45) is 0 Å². The quantitative estimate of drug-likeness (QED) is 0.689.